The van der Waals surface area contributed by atoms with Crippen molar-refractivity contribution in [1.29, 1.82) is 0 Å². The van der Waals surface area contributed by atoms with E-state index in [0.29, 0.717) is 28.9 Å². The molecular formula is C22H18N4O6S2. The maximum atomic E-state index is 12.6. The number of amides is 2. The summed E-state index contributed by atoms with van der Waals surface area (Å²) in [5, 5.41) is 11.0. The number of thiazole rings is 1. The van der Waals surface area contributed by atoms with E-state index in [1.54, 1.807) is 12.1 Å². The molecule has 2 heterocycles. The van der Waals surface area contributed by atoms with Crippen molar-refractivity contribution in [3.05, 3.63) is 62.9 Å². The van der Waals surface area contributed by atoms with Crippen molar-refractivity contribution in [1.82, 2.24) is 4.57 Å². The van der Waals surface area contributed by atoms with Gasteiger partial charge in [0.05, 0.1) is 21.7 Å². The lowest BCUT2D eigenvalue weighted by molar-refractivity contribution is -0.384. The molecule has 0 saturated heterocycles. The van der Waals surface area contributed by atoms with E-state index in [9.17, 15) is 28.1 Å². The Bertz CT molecular complexity index is 1550. The molecule has 34 heavy (non-hydrogen) atoms. The number of fused-ring (bicyclic) bond motifs is 2. The molecule has 0 bridgehead atoms. The Morgan fingerprint density at radius 3 is 2.71 bits per heavy atom. The van der Waals surface area contributed by atoms with E-state index < -0.39 is 38.1 Å². The Morgan fingerprint density at radius 2 is 1.97 bits per heavy atom. The molecule has 1 aliphatic heterocycles. The first-order chi connectivity index (χ1) is 16.2. The van der Waals surface area contributed by atoms with Crippen LogP contribution in [0, 0.1) is 22.5 Å². The van der Waals surface area contributed by atoms with Crippen molar-refractivity contribution >= 4 is 54.6 Å². The van der Waals surface area contributed by atoms with Crippen LogP contribution in [0.3, 0.4) is 0 Å². The van der Waals surface area contributed by atoms with E-state index in [0.717, 1.165) is 16.9 Å². The first-order valence-corrected chi connectivity index (χ1v) is 12.7. The average Bonchev–Trinajstić information content (AvgIpc) is 3.34. The molecule has 10 nitrogen and oxygen atoms in total. The molecule has 2 aromatic carbocycles. The van der Waals surface area contributed by atoms with Crippen LogP contribution in [0.5, 0.6) is 0 Å². The SMILES string of the molecule is C#CCn1c(=NC(=O)CS(=O)(=O)CC(=O)N2CCc3ccccc32)sc2cc([N+](=O)[O-])ccc21. The summed E-state index contributed by atoms with van der Waals surface area (Å²) >= 11 is 0.982. The number of carbonyl (C=O) groups is 2. The Hall–Kier alpha value is -3.82. The maximum absolute atomic E-state index is 12.6. The molecule has 0 radical (unpaired) electrons. The number of nitro benzene ring substituents is 1. The van der Waals surface area contributed by atoms with Crippen molar-refractivity contribution in [2.24, 2.45) is 4.99 Å². The minimum absolute atomic E-state index is 0.0313. The molecule has 0 atom stereocenters. The van der Waals surface area contributed by atoms with Gasteiger partial charge in [-0.15, -0.1) is 6.42 Å². The Kier molecular flexibility index (Phi) is 6.32. The summed E-state index contributed by atoms with van der Waals surface area (Å²) in [6, 6.07) is 11.4. The number of para-hydroxylation sites is 1. The van der Waals surface area contributed by atoms with Gasteiger partial charge in [0.1, 0.15) is 11.5 Å². The fraction of sp³-hybridized carbons (Fsp3) is 0.227. The van der Waals surface area contributed by atoms with E-state index in [1.807, 2.05) is 12.1 Å². The molecule has 1 aliphatic rings. The minimum Gasteiger partial charge on any atom is -0.311 e. The van der Waals surface area contributed by atoms with Crippen molar-refractivity contribution in [2.45, 2.75) is 13.0 Å². The van der Waals surface area contributed by atoms with E-state index in [4.69, 9.17) is 6.42 Å². The monoisotopic (exact) mass is 498 g/mol. The van der Waals surface area contributed by atoms with Gasteiger partial charge >= 0.3 is 0 Å². The summed E-state index contributed by atoms with van der Waals surface area (Å²) in [5.74, 6) is -0.896. The number of carbonyl (C=O) groups excluding carboxylic acids is 2. The lowest BCUT2D eigenvalue weighted by Crippen LogP contribution is -2.36. The van der Waals surface area contributed by atoms with E-state index in [1.165, 1.54) is 27.7 Å². The fourth-order valence-corrected chi connectivity index (χ4v) is 5.90. The van der Waals surface area contributed by atoms with Crippen LogP contribution < -0.4 is 9.70 Å². The third-order valence-electron chi connectivity index (χ3n) is 5.22. The summed E-state index contributed by atoms with van der Waals surface area (Å²) in [5.41, 5.74) is 2.03. The summed E-state index contributed by atoms with van der Waals surface area (Å²) in [7, 11) is -4.08. The number of non-ortho nitro benzene ring substituents is 1. The second kappa shape index (κ2) is 9.20. The number of anilines is 1. The zero-order valence-electron chi connectivity index (χ0n) is 17.7. The number of aromatic nitrogens is 1. The van der Waals surface area contributed by atoms with Crippen molar-refractivity contribution in [3.63, 3.8) is 0 Å². The summed E-state index contributed by atoms with van der Waals surface area (Å²) < 4.78 is 27.1. The quantitative estimate of drug-likeness (QED) is 0.289. The van der Waals surface area contributed by atoms with E-state index in [2.05, 4.69) is 10.9 Å². The molecule has 0 saturated carbocycles. The molecular weight excluding hydrogens is 480 g/mol. The zero-order chi connectivity index (χ0) is 24.5. The van der Waals surface area contributed by atoms with Crippen molar-refractivity contribution in [3.8, 4) is 12.3 Å². The Balaban J connectivity index is 1.56. The predicted octanol–water partition coefficient (Wildman–Crippen LogP) is 1.68. The molecule has 12 heteroatoms. The lowest BCUT2D eigenvalue weighted by Gasteiger charge is -2.17. The highest BCUT2D eigenvalue weighted by Gasteiger charge is 2.29. The molecule has 0 spiro atoms. The molecule has 2 amide bonds. The largest absolute Gasteiger partial charge is 0.311 e. The van der Waals surface area contributed by atoms with Gasteiger partial charge in [0.15, 0.2) is 14.6 Å². The summed E-state index contributed by atoms with van der Waals surface area (Å²) in [6.45, 7) is 0.412. The molecule has 0 fully saturated rings. The number of benzene rings is 2. The Morgan fingerprint density at radius 1 is 1.21 bits per heavy atom. The van der Waals surface area contributed by atoms with Crippen molar-refractivity contribution in [2.75, 3.05) is 23.0 Å². The van der Waals surface area contributed by atoms with Gasteiger partial charge in [0, 0.05) is 24.4 Å². The van der Waals surface area contributed by atoms with Gasteiger partial charge in [0.2, 0.25) is 5.91 Å². The van der Waals surface area contributed by atoms with Crippen molar-refractivity contribution < 1.29 is 22.9 Å². The van der Waals surface area contributed by atoms with Crippen LogP contribution >= 0.6 is 11.3 Å². The topological polar surface area (TPSA) is 132 Å². The van der Waals surface area contributed by atoms with Gasteiger partial charge in [-0.3, -0.25) is 19.7 Å². The number of sulfone groups is 1. The van der Waals surface area contributed by atoms with Gasteiger partial charge in [-0.25, -0.2) is 8.42 Å². The minimum atomic E-state index is -4.08. The molecule has 0 N–H and O–H groups in total. The highest BCUT2D eigenvalue weighted by Crippen LogP contribution is 2.27. The normalized spacial score (nSPS) is 13.6. The smallest absolute Gasteiger partial charge is 0.270 e. The summed E-state index contributed by atoms with van der Waals surface area (Å²) in [4.78, 5) is 41.0. The van der Waals surface area contributed by atoms with E-state index >= 15 is 0 Å². The molecule has 0 unspecified atom stereocenters. The molecule has 1 aromatic heterocycles. The standard InChI is InChI=1S/C22H18N4O6S2/c1-2-10-25-18-8-7-16(26(29)30)12-19(18)33-22(25)23-20(27)13-34(31,32)14-21(28)24-11-9-15-5-3-4-6-17(15)24/h1,3-8,12H,9-11,13-14H2. The number of hydrogen-bond donors (Lipinski definition) is 0. The molecule has 4 rings (SSSR count). The van der Waals surface area contributed by atoms with Gasteiger partial charge < -0.3 is 9.47 Å². The van der Waals surface area contributed by atoms with Gasteiger partial charge in [-0.2, -0.15) is 4.99 Å². The second-order valence-corrected chi connectivity index (χ2v) is 10.6. The van der Waals surface area contributed by atoms with Crippen LogP contribution in [0.25, 0.3) is 10.2 Å². The van der Waals surface area contributed by atoms with Crippen LogP contribution in [-0.2, 0) is 32.4 Å². The first kappa shape index (κ1) is 23.3. The number of nitro groups is 1. The predicted molar refractivity (Wildman–Crippen MR) is 127 cm³/mol. The van der Waals surface area contributed by atoms with Gasteiger partial charge in [0.25, 0.3) is 11.6 Å². The van der Waals surface area contributed by atoms with Crippen LogP contribution in [0.15, 0.2) is 47.5 Å². The van der Waals surface area contributed by atoms with Gasteiger partial charge in [-0.05, 0) is 24.1 Å². The highest BCUT2D eigenvalue weighted by molar-refractivity contribution is 7.92. The van der Waals surface area contributed by atoms with E-state index in [-0.39, 0.29) is 17.0 Å². The first-order valence-electron chi connectivity index (χ1n) is 10.1. The molecule has 0 aliphatic carbocycles. The number of nitrogens with zero attached hydrogens (tertiary/aromatic N) is 4. The van der Waals surface area contributed by atoms with Gasteiger partial charge in [-0.1, -0.05) is 35.5 Å². The highest BCUT2D eigenvalue weighted by atomic mass is 32.2. The third kappa shape index (κ3) is 4.75. The maximum Gasteiger partial charge on any atom is 0.270 e. The number of terminal acetylenes is 1. The van der Waals surface area contributed by atoms with Crippen LogP contribution in [0.1, 0.15) is 5.56 Å². The second-order valence-electron chi connectivity index (χ2n) is 7.55. The molecule has 3 aromatic rings. The number of rotatable bonds is 6. The van der Waals surface area contributed by atoms with Crippen LogP contribution in [0.2, 0.25) is 0 Å². The fourth-order valence-electron chi connectivity index (χ4n) is 3.75. The van der Waals surface area contributed by atoms with Crippen LogP contribution in [0.4, 0.5) is 11.4 Å². The summed E-state index contributed by atoms with van der Waals surface area (Å²) in [6.07, 6.45) is 6.03. The zero-order valence-corrected chi connectivity index (χ0v) is 19.3. The Labute approximate surface area is 198 Å². The third-order valence-corrected chi connectivity index (χ3v) is 7.64. The van der Waals surface area contributed by atoms with Crippen LogP contribution in [-0.4, -0.2) is 47.8 Å². The molecule has 174 valence electrons. The lowest BCUT2D eigenvalue weighted by atomic mass is 10.2. The average molecular weight is 499 g/mol. The number of hydrogen-bond acceptors (Lipinski definition) is 7.